The van der Waals surface area contributed by atoms with E-state index in [1.165, 1.54) is 36.7 Å². The van der Waals surface area contributed by atoms with Gasteiger partial charge in [-0.2, -0.15) is 13.2 Å². The molecule has 3 aromatic heterocycles. The number of aromatic nitrogens is 4. The molecule has 1 aliphatic heterocycles. The molecule has 1 amide bonds. The maximum absolute atomic E-state index is 15.0. The summed E-state index contributed by atoms with van der Waals surface area (Å²) in [5, 5.41) is -0.935. The van der Waals surface area contributed by atoms with Crippen LogP contribution in [-0.4, -0.2) is 43.8 Å². The number of ether oxygens (including phenoxy) is 1. The molecule has 0 radical (unpaired) electrons. The summed E-state index contributed by atoms with van der Waals surface area (Å²) >= 11 is 0.535. The number of fused-ring (bicyclic) bond motifs is 4. The lowest BCUT2D eigenvalue weighted by molar-refractivity contribution is -0.137. The van der Waals surface area contributed by atoms with Gasteiger partial charge in [-0.1, -0.05) is 12.1 Å². The van der Waals surface area contributed by atoms with E-state index in [4.69, 9.17) is 10.5 Å². The Morgan fingerprint density at radius 2 is 2.03 bits per heavy atom. The molecule has 4 heterocycles. The lowest BCUT2D eigenvalue weighted by atomic mass is 10.0. The number of hydrogen-bond acceptors (Lipinski definition) is 7. The van der Waals surface area contributed by atoms with E-state index in [0.29, 0.717) is 44.1 Å². The Balaban J connectivity index is 1.31. The average Bonchev–Trinajstić information content (AvgIpc) is 3.62. The Kier molecular flexibility index (Phi) is 5.09. The van der Waals surface area contributed by atoms with E-state index < -0.39 is 29.0 Å². The predicted molar refractivity (Wildman–Crippen MR) is 128 cm³/mol. The highest BCUT2D eigenvalue weighted by Gasteiger charge is 2.35. The second-order valence-electron chi connectivity index (χ2n) is 8.49. The number of rotatable bonds is 3. The number of nitrogen functional groups attached to an aromatic ring is 1. The van der Waals surface area contributed by atoms with Crippen LogP contribution >= 0.6 is 11.3 Å². The van der Waals surface area contributed by atoms with E-state index in [-0.39, 0.29) is 23.5 Å². The average molecular weight is 528 g/mol. The van der Waals surface area contributed by atoms with Gasteiger partial charge in [0.2, 0.25) is 0 Å². The van der Waals surface area contributed by atoms with Gasteiger partial charge in [-0.25, -0.2) is 19.3 Å². The summed E-state index contributed by atoms with van der Waals surface area (Å²) in [6.45, 7) is 0.108. The highest BCUT2D eigenvalue weighted by atomic mass is 32.1. The van der Waals surface area contributed by atoms with Crippen molar-refractivity contribution in [1.82, 2.24) is 24.3 Å². The molecule has 5 aromatic rings. The zero-order chi connectivity index (χ0) is 26.1. The van der Waals surface area contributed by atoms with Gasteiger partial charge in [0.25, 0.3) is 5.91 Å². The minimum Gasteiger partial charge on any atom is -0.491 e. The topological polar surface area (TPSA) is 98.6 Å². The fourth-order valence-electron chi connectivity index (χ4n) is 4.40. The van der Waals surface area contributed by atoms with Gasteiger partial charge in [-0.05, 0) is 17.7 Å². The number of likely N-dealkylation sites (N-methyl/N-ethyl adjacent to an activating group) is 1. The number of nitrogens with zero attached hydrogens (tertiary/aromatic N) is 5. The fourth-order valence-corrected chi connectivity index (χ4v) is 5.18. The summed E-state index contributed by atoms with van der Waals surface area (Å²) in [7, 11) is 1.54. The van der Waals surface area contributed by atoms with Crippen LogP contribution in [-0.2, 0) is 6.18 Å². The molecule has 37 heavy (non-hydrogen) atoms. The van der Waals surface area contributed by atoms with Gasteiger partial charge in [0.15, 0.2) is 5.01 Å². The van der Waals surface area contributed by atoms with Gasteiger partial charge in [0.05, 0.1) is 40.0 Å². The van der Waals surface area contributed by atoms with Crippen LogP contribution in [0.2, 0.25) is 0 Å². The molecule has 0 saturated carbocycles. The molecule has 8 nitrogen and oxygen atoms in total. The van der Waals surface area contributed by atoms with Crippen molar-refractivity contribution >= 4 is 39.6 Å². The van der Waals surface area contributed by atoms with Gasteiger partial charge >= 0.3 is 6.18 Å². The molecule has 1 aliphatic rings. The summed E-state index contributed by atoms with van der Waals surface area (Å²) in [6.07, 6.45) is -0.324. The molecular formula is C24H16F4N6O2S. The van der Waals surface area contributed by atoms with E-state index in [2.05, 4.69) is 15.0 Å². The van der Waals surface area contributed by atoms with Gasteiger partial charge in [0.1, 0.15) is 29.5 Å². The highest BCUT2D eigenvalue weighted by Crippen LogP contribution is 2.41. The predicted octanol–water partition coefficient (Wildman–Crippen LogP) is 4.95. The summed E-state index contributed by atoms with van der Waals surface area (Å²) in [6, 6.07) is 6.99. The van der Waals surface area contributed by atoms with Crippen molar-refractivity contribution in [2.24, 2.45) is 0 Å². The number of imidazole rings is 1. The molecule has 6 rings (SSSR count). The van der Waals surface area contributed by atoms with E-state index >= 15 is 4.39 Å². The van der Waals surface area contributed by atoms with Crippen LogP contribution in [0.5, 0.6) is 5.75 Å². The molecule has 1 atom stereocenters. The van der Waals surface area contributed by atoms with Crippen molar-refractivity contribution in [2.45, 2.75) is 12.2 Å². The number of alkyl halides is 3. The van der Waals surface area contributed by atoms with Crippen molar-refractivity contribution < 1.29 is 27.1 Å². The van der Waals surface area contributed by atoms with E-state index in [1.54, 1.807) is 22.6 Å². The number of amides is 1. The van der Waals surface area contributed by atoms with Gasteiger partial charge in [0, 0.05) is 24.9 Å². The standard InChI is InChI=1S/C24H16F4N6O2S/c1-33(22(35)13-5-16-15(6-14(13)25)32-21(29)17-7-30-10-34(16)17)18-9-36-19-4-11(2-3-12(18)19)20-8-31-23(37-20)24(26,27)28/h2-8,10,18H,9H2,1H3,(H2,29,32)/t18-/m1/s1. The molecule has 13 heteroatoms. The van der Waals surface area contributed by atoms with E-state index in [1.807, 2.05) is 0 Å². The van der Waals surface area contributed by atoms with E-state index in [0.717, 1.165) is 6.07 Å². The third kappa shape index (κ3) is 3.73. The number of anilines is 1. The first-order valence-electron chi connectivity index (χ1n) is 10.9. The Hall–Kier alpha value is -4.26. The quantitative estimate of drug-likeness (QED) is 0.333. The lowest BCUT2D eigenvalue weighted by Crippen LogP contribution is -2.32. The maximum Gasteiger partial charge on any atom is 0.443 e. The Morgan fingerprint density at radius 1 is 1.22 bits per heavy atom. The SMILES string of the molecule is CN(C(=O)c1cc2c(cc1F)nc(N)c1cncn12)[C@@H]1COc2cc(-c3cnc(C(F)(F)F)s3)ccc21. The van der Waals surface area contributed by atoms with Gasteiger partial charge < -0.3 is 15.4 Å². The van der Waals surface area contributed by atoms with Crippen LogP contribution < -0.4 is 10.5 Å². The number of benzene rings is 2. The summed E-state index contributed by atoms with van der Waals surface area (Å²) in [5.74, 6) is -0.710. The van der Waals surface area contributed by atoms with Crippen LogP contribution in [0.25, 0.3) is 27.0 Å². The third-order valence-corrected chi connectivity index (χ3v) is 7.38. The Bertz CT molecular complexity index is 1710. The summed E-state index contributed by atoms with van der Waals surface area (Å²) < 4.78 is 61.2. The monoisotopic (exact) mass is 528 g/mol. The zero-order valence-electron chi connectivity index (χ0n) is 19.0. The van der Waals surface area contributed by atoms with Crippen LogP contribution in [0.15, 0.2) is 49.1 Å². The molecule has 188 valence electrons. The Morgan fingerprint density at radius 3 is 2.78 bits per heavy atom. The zero-order valence-corrected chi connectivity index (χ0v) is 19.8. The fraction of sp³-hybridized carbons (Fsp3) is 0.167. The number of thiazole rings is 1. The van der Waals surface area contributed by atoms with Crippen molar-refractivity contribution in [3.05, 3.63) is 71.0 Å². The Labute approximate surface area is 210 Å². The first-order chi connectivity index (χ1) is 17.6. The first-order valence-corrected chi connectivity index (χ1v) is 11.7. The van der Waals surface area contributed by atoms with Crippen LogP contribution in [0, 0.1) is 5.82 Å². The van der Waals surface area contributed by atoms with Crippen molar-refractivity contribution in [3.8, 4) is 16.2 Å². The minimum absolute atomic E-state index is 0.108. The molecule has 0 saturated heterocycles. The smallest absolute Gasteiger partial charge is 0.443 e. The van der Waals surface area contributed by atoms with Crippen molar-refractivity contribution in [2.75, 3.05) is 19.4 Å². The van der Waals surface area contributed by atoms with Crippen LogP contribution in [0.4, 0.5) is 23.4 Å². The van der Waals surface area contributed by atoms with Crippen LogP contribution in [0.1, 0.15) is 27.0 Å². The van der Waals surface area contributed by atoms with Gasteiger partial charge in [-0.15, -0.1) is 11.3 Å². The molecule has 2 aromatic carbocycles. The van der Waals surface area contributed by atoms with Gasteiger partial charge in [-0.3, -0.25) is 9.20 Å². The third-order valence-electron chi connectivity index (χ3n) is 6.29. The number of carbonyl (C=O) groups is 1. The minimum atomic E-state index is -4.52. The van der Waals surface area contributed by atoms with Crippen LogP contribution in [0.3, 0.4) is 0 Å². The number of hydrogen-bond donors (Lipinski definition) is 1. The van der Waals surface area contributed by atoms with Crippen molar-refractivity contribution in [3.63, 3.8) is 0 Å². The lowest BCUT2D eigenvalue weighted by Gasteiger charge is -2.24. The highest BCUT2D eigenvalue weighted by molar-refractivity contribution is 7.15. The molecule has 0 spiro atoms. The second kappa shape index (κ2) is 8.13. The maximum atomic E-state index is 15.0. The molecule has 2 N–H and O–H groups in total. The molecule has 0 aliphatic carbocycles. The molecule has 0 unspecified atom stereocenters. The number of nitrogens with two attached hydrogens (primary N) is 1. The van der Waals surface area contributed by atoms with Crippen molar-refractivity contribution in [1.29, 1.82) is 0 Å². The molecular weight excluding hydrogens is 512 g/mol. The molecule has 0 bridgehead atoms. The van der Waals surface area contributed by atoms with E-state index in [9.17, 15) is 18.0 Å². The first kappa shape index (κ1) is 23.2. The summed E-state index contributed by atoms with van der Waals surface area (Å²) in [5.41, 5.74) is 8.21. The number of carbonyl (C=O) groups excluding carboxylic acids is 1. The normalized spacial score (nSPS) is 15.2. The largest absolute Gasteiger partial charge is 0.491 e. The summed E-state index contributed by atoms with van der Waals surface area (Å²) in [4.78, 5) is 26.8. The molecule has 0 fully saturated rings. The number of halogens is 4. The second-order valence-corrected chi connectivity index (χ2v) is 9.52.